The quantitative estimate of drug-likeness (QED) is 0.918. The van der Waals surface area contributed by atoms with Gasteiger partial charge in [0.2, 0.25) is 17.1 Å². The van der Waals surface area contributed by atoms with Crippen LogP contribution in [0.15, 0.2) is 14.9 Å². The molecule has 1 N–H and O–H groups in total. The maximum atomic E-state index is 4.38. The largest absolute Gasteiger partial charge is 0.357 e. The Bertz CT molecular complexity index is 539. The topological polar surface area (TPSA) is 66.8 Å². The Morgan fingerprint density at radius 3 is 2.56 bits per heavy atom. The minimum absolute atomic E-state index is 0.560. The molecule has 2 aromatic heterocycles. The van der Waals surface area contributed by atoms with Crippen molar-refractivity contribution in [1.82, 2.24) is 19.9 Å². The highest BCUT2D eigenvalue weighted by molar-refractivity contribution is 8.00. The molecular weight excluding hydrogens is 268 g/mol. The number of hydrogen-bond donors (Lipinski definition) is 1. The zero-order chi connectivity index (χ0) is 13.1. The van der Waals surface area contributed by atoms with Crippen molar-refractivity contribution in [2.45, 2.75) is 16.4 Å². The first-order valence-corrected chi connectivity index (χ1v) is 6.99. The molecule has 0 bridgehead atoms. The second-order valence-electron chi connectivity index (χ2n) is 3.74. The fourth-order valence-electron chi connectivity index (χ4n) is 1.16. The second-order valence-corrected chi connectivity index (χ2v) is 5.82. The minimum Gasteiger partial charge on any atom is -0.357 e. The van der Waals surface area contributed by atoms with Gasteiger partial charge in [-0.05, 0) is 18.7 Å². The first-order chi connectivity index (χ1) is 8.58. The van der Waals surface area contributed by atoms with E-state index in [2.05, 4.69) is 25.3 Å². The van der Waals surface area contributed by atoms with Crippen molar-refractivity contribution in [3.05, 3.63) is 11.1 Å². The molecule has 2 rings (SSSR count). The number of anilines is 2. The summed E-state index contributed by atoms with van der Waals surface area (Å²) in [6.45, 7) is 1.97. The van der Waals surface area contributed by atoms with E-state index < -0.39 is 0 Å². The van der Waals surface area contributed by atoms with E-state index in [1.165, 1.54) is 11.8 Å². The average Bonchev–Trinajstić information content (AvgIpc) is 2.74. The summed E-state index contributed by atoms with van der Waals surface area (Å²) in [5, 5.41) is 5.59. The summed E-state index contributed by atoms with van der Waals surface area (Å²) >= 11 is 3.04. The molecule has 0 aliphatic carbocycles. The molecule has 0 saturated carbocycles. The molecule has 8 heteroatoms. The first kappa shape index (κ1) is 13.0. The molecular formula is C10H14N6S2. The summed E-state index contributed by atoms with van der Waals surface area (Å²) in [6.07, 6.45) is 0. The zero-order valence-corrected chi connectivity index (χ0v) is 12.3. The zero-order valence-electron chi connectivity index (χ0n) is 10.6. The van der Waals surface area contributed by atoms with Gasteiger partial charge in [-0.1, -0.05) is 0 Å². The van der Waals surface area contributed by atoms with E-state index in [0.29, 0.717) is 17.1 Å². The molecule has 6 nitrogen and oxygen atoms in total. The summed E-state index contributed by atoms with van der Waals surface area (Å²) < 4.78 is 0.936. The lowest BCUT2D eigenvalue weighted by Gasteiger charge is -2.11. The SMILES string of the molecule is CNc1nc(Sc2nc(C)cs2)nc(N(C)C)n1. The van der Waals surface area contributed by atoms with Gasteiger partial charge in [0.1, 0.15) is 0 Å². The fraction of sp³-hybridized carbons (Fsp3) is 0.400. The lowest BCUT2D eigenvalue weighted by atomic mass is 10.6. The van der Waals surface area contributed by atoms with Gasteiger partial charge in [0.05, 0.1) is 0 Å². The molecule has 0 radical (unpaired) electrons. The van der Waals surface area contributed by atoms with Crippen LogP contribution in [0.1, 0.15) is 5.69 Å². The number of nitrogens with zero attached hydrogens (tertiary/aromatic N) is 5. The molecule has 0 aliphatic rings. The highest BCUT2D eigenvalue weighted by Crippen LogP contribution is 2.28. The predicted molar refractivity (Wildman–Crippen MR) is 74.7 cm³/mol. The third kappa shape index (κ3) is 3.08. The molecule has 0 amide bonds. The van der Waals surface area contributed by atoms with Gasteiger partial charge in [-0.2, -0.15) is 15.0 Å². The number of nitrogens with one attached hydrogen (secondary N) is 1. The smallest absolute Gasteiger partial charge is 0.230 e. The van der Waals surface area contributed by atoms with Gasteiger partial charge < -0.3 is 10.2 Å². The number of thiazole rings is 1. The molecule has 96 valence electrons. The molecule has 2 aromatic rings. The van der Waals surface area contributed by atoms with Gasteiger partial charge in [-0.25, -0.2) is 4.98 Å². The van der Waals surface area contributed by atoms with Gasteiger partial charge in [0, 0.05) is 32.2 Å². The lowest BCUT2D eigenvalue weighted by Crippen LogP contribution is -2.15. The van der Waals surface area contributed by atoms with Crippen LogP contribution in [0.3, 0.4) is 0 Å². The van der Waals surface area contributed by atoms with Gasteiger partial charge >= 0.3 is 0 Å². The van der Waals surface area contributed by atoms with Gasteiger partial charge in [-0.15, -0.1) is 11.3 Å². The second kappa shape index (κ2) is 5.49. The molecule has 0 spiro atoms. The predicted octanol–water partition coefficient (Wildman–Crippen LogP) is 1.90. The van der Waals surface area contributed by atoms with Crippen molar-refractivity contribution in [1.29, 1.82) is 0 Å². The van der Waals surface area contributed by atoms with E-state index in [0.717, 1.165) is 10.0 Å². The molecule has 2 heterocycles. The van der Waals surface area contributed by atoms with Crippen molar-refractivity contribution in [2.75, 3.05) is 31.4 Å². The van der Waals surface area contributed by atoms with Crippen molar-refractivity contribution < 1.29 is 0 Å². The Balaban J connectivity index is 2.29. The van der Waals surface area contributed by atoms with Crippen LogP contribution < -0.4 is 10.2 Å². The highest BCUT2D eigenvalue weighted by Gasteiger charge is 2.10. The van der Waals surface area contributed by atoms with Crippen LogP contribution in [0.4, 0.5) is 11.9 Å². The Morgan fingerprint density at radius 1 is 1.22 bits per heavy atom. The molecule has 0 unspecified atom stereocenters. The molecule has 0 aromatic carbocycles. The van der Waals surface area contributed by atoms with E-state index in [4.69, 9.17) is 0 Å². The van der Waals surface area contributed by atoms with E-state index >= 15 is 0 Å². The fourth-order valence-corrected chi connectivity index (χ4v) is 2.85. The van der Waals surface area contributed by atoms with Crippen LogP contribution in [0.5, 0.6) is 0 Å². The average molecular weight is 282 g/mol. The van der Waals surface area contributed by atoms with Crippen LogP contribution in [-0.4, -0.2) is 41.1 Å². The van der Waals surface area contributed by atoms with Crippen molar-refractivity contribution in [3.8, 4) is 0 Å². The molecule has 0 saturated heterocycles. The Labute approximate surface area is 114 Å². The number of rotatable bonds is 4. The van der Waals surface area contributed by atoms with Crippen LogP contribution in [0, 0.1) is 6.92 Å². The van der Waals surface area contributed by atoms with Gasteiger partial charge in [0.25, 0.3) is 0 Å². The maximum Gasteiger partial charge on any atom is 0.230 e. The van der Waals surface area contributed by atoms with Crippen LogP contribution in [0.2, 0.25) is 0 Å². The summed E-state index contributed by atoms with van der Waals surface area (Å²) in [5.41, 5.74) is 1.01. The third-order valence-corrected chi connectivity index (χ3v) is 3.92. The van der Waals surface area contributed by atoms with E-state index in [9.17, 15) is 0 Å². The monoisotopic (exact) mass is 282 g/mol. The molecule has 18 heavy (non-hydrogen) atoms. The van der Waals surface area contributed by atoms with Gasteiger partial charge in [0.15, 0.2) is 4.34 Å². The summed E-state index contributed by atoms with van der Waals surface area (Å²) in [5.74, 6) is 1.19. The third-order valence-electron chi connectivity index (χ3n) is 2.00. The standard InChI is InChI=1S/C10H14N6S2/c1-6-5-17-10(12-6)18-9-14-7(11-2)13-8(15-9)16(3)4/h5H,1-4H3,(H,11,13,14,15). The molecule has 0 atom stereocenters. The number of aromatic nitrogens is 4. The van der Waals surface area contributed by atoms with Crippen molar-refractivity contribution >= 4 is 35.0 Å². The Kier molecular flexibility index (Phi) is 3.97. The van der Waals surface area contributed by atoms with E-state index in [1.54, 1.807) is 18.4 Å². The van der Waals surface area contributed by atoms with Crippen molar-refractivity contribution in [2.24, 2.45) is 0 Å². The Hall–Kier alpha value is -1.41. The number of hydrogen-bond acceptors (Lipinski definition) is 8. The summed E-state index contributed by atoms with van der Waals surface area (Å²) in [7, 11) is 5.59. The van der Waals surface area contributed by atoms with Crippen LogP contribution >= 0.6 is 23.1 Å². The van der Waals surface area contributed by atoms with E-state index in [-0.39, 0.29) is 0 Å². The lowest BCUT2D eigenvalue weighted by molar-refractivity contribution is 0.869. The minimum atomic E-state index is 0.560. The Morgan fingerprint density at radius 2 is 2.00 bits per heavy atom. The number of aryl methyl sites for hydroxylation is 1. The van der Waals surface area contributed by atoms with Crippen molar-refractivity contribution in [3.63, 3.8) is 0 Å². The van der Waals surface area contributed by atoms with Gasteiger partial charge in [-0.3, -0.25) is 0 Å². The summed E-state index contributed by atoms with van der Waals surface area (Å²) in [4.78, 5) is 19.2. The summed E-state index contributed by atoms with van der Waals surface area (Å²) in [6, 6.07) is 0. The highest BCUT2D eigenvalue weighted by atomic mass is 32.2. The maximum absolute atomic E-state index is 4.38. The van der Waals surface area contributed by atoms with Crippen LogP contribution in [-0.2, 0) is 0 Å². The molecule has 0 aliphatic heterocycles. The first-order valence-electron chi connectivity index (χ1n) is 5.29. The van der Waals surface area contributed by atoms with E-state index in [1.807, 2.05) is 31.3 Å². The van der Waals surface area contributed by atoms with Crippen LogP contribution in [0.25, 0.3) is 0 Å². The molecule has 0 fully saturated rings. The normalized spacial score (nSPS) is 10.4.